The summed E-state index contributed by atoms with van der Waals surface area (Å²) in [5.41, 5.74) is 5.47. The van der Waals surface area contributed by atoms with Crippen LogP contribution in [-0.4, -0.2) is 30.8 Å². The Kier molecular flexibility index (Phi) is 4.21. The summed E-state index contributed by atoms with van der Waals surface area (Å²) in [6, 6.07) is 3.43. The van der Waals surface area contributed by atoms with Gasteiger partial charge in [-0.3, -0.25) is 19.6 Å². The molecular formula is C12H14N6O3. The fourth-order valence-electron chi connectivity index (χ4n) is 2.03. The van der Waals surface area contributed by atoms with Gasteiger partial charge < -0.3 is 5.73 Å². The molecule has 0 aliphatic carbocycles. The Hall–Kier alpha value is -2.84. The van der Waals surface area contributed by atoms with E-state index in [9.17, 15) is 14.9 Å². The second-order valence-corrected chi connectivity index (χ2v) is 4.39. The lowest BCUT2D eigenvalue weighted by atomic mass is 10.2. The van der Waals surface area contributed by atoms with Gasteiger partial charge in [0.1, 0.15) is 5.69 Å². The number of nitrogens with two attached hydrogens (primary N) is 1. The maximum atomic E-state index is 11.4. The van der Waals surface area contributed by atoms with Gasteiger partial charge in [-0.2, -0.15) is 15.3 Å². The van der Waals surface area contributed by atoms with Gasteiger partial charge in [0.2, 0.25) is 5.69 Å². The Morgan fingerprint density at radius 2 is 2.29 bits per heavy atom. The molecule has 0 aromatic carbocycles. The van der Waals surface area contributed by atoms with Gasteiger partial charge in [0.05, 0.1) is 17.2 Å². The van der Waals surface area contributed by atoms with Crippen LogP contribution in [0.15, 0.2) is 18.3 Å². The van der Waals surface area contributed by atoms with Crippen LogP contribution in [0.4, 0.5) is 5.69 Å². The van der Waals surface area contributed by atoms with Crippen molar-refractivity contribution in [1.29, 1.82) is 0 Å². The quantitative estimate of drug-likeness (QED) is 0.615. The molecule has 1 amide bonds. The number of amides is 1. The van der Waals surface area contributed by atoms with Crippen LogP contribution in [0.5, 0.6) is 0 Å². The van der Waals surface area contributed by atoms with Gasteiger partial charge in [0.25, 0.3) is 5.91 Å². The third-order valence-electron chi connectivity index (χ3n) is 2.87. The largest absolute Gasteiger partial charge is 0.364 e. The first-order valence-electron chi connectivity index (χ1n) is 6.35. The highest BCUT2D eigenvalue weighted by Crippen LogP contribution is 2.25. The molecule has 2 heterocycles. The Morgan fingerprint density at radius 1 is 1.52 bits per heavy atom. The van der Waals surface area contributed by atoms with Crippen molar-refractivity contribution < 1.29 is 9.72 Å². The van der Waals surface area contributed by atoms with Crippen LogP contribution in [0, 0.1) is 10.1 Å². The van der Waals surface area contributed by atoms with Crippen molar-refractivity contribution in [2.45, 2.75) is 26.3 Å². The van der Waals surface area contributed by atoms with Crippen molar-refractivity contribution in [3.8, 4) is 0 Å². The molecule has 0 aliphatic rings. The molecule has 2 N–H and O–H groups in total. The number of primary amides is 1. The lowest BCUT2D eigenvalue weighted by Gasteiger charge is -2.04. The molecule has 0 radical (unpaired) electrons. The number of hydrogen-bond donors (Lipinski definition) is 1. The topological polar surface area (TPSA) is 130 Å². The molecule has 0 atom stereocenters. The monoisotopic (exact) mass is 290 g/mol. The molecule has 9 nitrogen and oxygen atoms in total. The first kappa shape index (κ1) is 14.6. The average Bonchev–Trinajstić information content (AvgIpc) is 2.79. The molecule has 110 valence electrons. The SMILES string of the molecule is CCCc1c([N+](=O)[O-])c(C(N)=O)nn1Cc1cccnn1. The maximum absolute atomic E-state index is 11.4. The lowest BCUT2D eigenvalue weighted by molar-refractivity contribution is -0.385. The average molecular weight is 290 g/mol. The second-order valence-electron chi connectivity index (χ2n) is 4.39. The molecular weight excluding hydrogens is 276 g/mol. The summed E-state index contributed by atoms with van der Waals surface area (Å²) >= 11 is 0. The molecule has 0 fully saturated rings. The molecule has 0 unspecified atom stereocenters. The second kappa shape index (κ2) is 6.07. The highest BCUT2D eigenvalue weighted by atomic mass is 16.6. The van der Waals surface area contributed by atoms with Crippen molar-refractivity contribution in [1.82, 2.24) is 20.0 Å². The van der Waals surface area contributed by atoms with Crippen molar-refractivity contribution in [3.63, 3.8) is 0 Å². The first-order chi connectivity index (χ1) is 10.0. The highest BCUT2D eigenvalue weighted by Gasteiger charge is 2.30. The molecule has 0 saturated carbocycles. The number of aromatic nitrogens is 4. The standard InChI is InChI=1S/C12H14N6O3/c1-2-4-9-11(18(20)21)10(12(13)19)16-17(9)7-8-5-3-6-14-15-8/h3,5-6H,2,4,7H2,1H3,(H2,13,19). The molecule has 2 rings (SSSR count). The number of rotatable bonds is 6. The van der Waals surface area contributed by atoms with E-state index in [-0.39, 0.29) is 17.9 Å². The Labute approximate surface area is 119 Å². The van der Waals surface area contributed by atoms with Crippen molar-refractivity contribution in [2.75, 3.05) is 0 Å². The van der Waals surface area contributed by atoms with E-state index in [1.807, 2.05) is 6.92 Å². The van der Waals surface area contributed by atoms with Gasteiger partial charge >= 0.3 is 5.69 Å². The third-order valence-corrected chi connectivity index (χ3v) is 2.87. The summed E-state index contributed by atoms with van der Waals surface area (Å²) < 4.78 is 1.39. The van der Waals surface area contributed by atoms with Gasteiger partial charge in [-0.1, -0.05) is 13.3 Å². The molecule has 2 aromatic heterocycles. The van der Waals surface area contributed by atoms with Crippen LogP contribution in [-0.2, 0) is 13.0 Å². The molecule has 9 heteroatoms. The van der Waals surface area contributed by atoms with E-state index in [1.165, 1.54) is 10.9 Å². The van der Waals surface area contributed by atoms with Crippen LogP contribution in [0.2, 0.25) is 0 Å². The van der Waals surface area contributed by atoms with E-state index in [1.54, 1.807) is 12.1 Å². The third kappa shape index (κ3) is 3.02. The molecule has 0 saturated heterocycles. The number of nitrogens with zero attached hydrogens (tertiary/aromatic N) is 5. The van der Waals surface area contributed by atoms with E-state index in [4.69, 9.17) is 5.73 Å². The number of carbonyl (C=O) groups is 1. The summed E-state index contributed by atoms with van der Waals surface area (Å²) in [5.74, 6) is -0.919. The van der Waals surface area contributed by atoms with E-state index in [2.05, 4.69) is 15.3 Å². The highest BCUT2D eigenvalue weighted by molar-refractivity contribution is 5.95. The minimum Gasteiger partial charge on any atom is -0.364 e. The van der Waals surface area contributed by atoms with E-state index < -0.39 is 10.8 Å². The minimum absolute atomic E-state index is 0.192. The van der Waals surface area contributed by atoms with Gasteiger partial charge in [-0.25, -0.2) is 0 Å². The molecule has 0 bridgehead atoms. The van der Waals surface area contributed by atoms with Crippen LogP contribution < -0.4 is 5.73 Å². The van der Waals surface area contributed by atoms with Crippen LogP contribution >= 0.6 is 0 Å². The van der Waals surface area contributed by atoms with E-state index in [0.717, 1.165) is 0 Å². The minimum atomic E-state index is -0.919. The first-order valence-corrected chi connectivity index (χ1v) is 6.35. The van der Waals surface area contributed by atoms with Gasteiger partial charge in [-0.15, -0.1) is 0 Å². The molecule has 0 spiro atoms. The number of carbonyl (C=O) groups excluding carboxylic acids is 1. The molecule has 21 heavy (non-hydrogen) atoms. The van der Waals surface area contributed by atoms with Gasteiger partial charge in [0.15, 0.2) is 0 Å². The molecule has 2 aromatic rings. The van der Waals surface area contributed by atoms with Crippen molar-refractivity contribution >= 4 is 11.6 Å². The van der Waals surface area contributed by atoms with Crippen molar-refractivity contribution in [3.05, 3.63) is 45.5 Å². The molecule has 0 aliphatic heterocycles. The van der Waals surface area contributed by atoms with E-state index in [0.29, 0.717) is 24.2 Å². The summed E-state index contributed by atoms with van der Waals surface area (Å²) in [6.07, 6.45) is 2.61. The Bertz CT molecular complexity index is 667. The zero-order valence-corrected chi connectivity index (χ0v) is 11.4. The van der Waals surface area contributed by atoms with Crippen LogP contribution in [0.25, 0.3) is 0 Å². The normalized spacial score (nSPS) is 10.5. The lowest BCUT2D eigenvalue weighted by Crippen LogP contribution is -2.14. The summed E-state index contributed by atoms with van der Waals surface area (Å²) in [5, 5.41) is 22.8. The van der Waals surface area contributed by atoms with Crippen molar-refractivity contribution in [2.24, 2.45) is 5.73 Å². The number of nitro groups is 1. The summed E-state index contributed by atoms with van der Waals surface area (Å²) in [4.78, 5) is 21.9. The summed E-state index contributed by atoms with van der Waals surface area (Å²) in [7, 11) is 0. The zero-order valence-electron chi connectivity index (χ0n) is 11.4. The zero-order chi connectivity index (χ0) is 15.4. The maximum Gasteiger partial charge on any atom is 0.323 e. The summed E-state index contributed by atoms with van der Waals surface area (Å²) in [6.45, 7) is 2.07. The fourth-order valence-corrected chi connectivity index (χ4v) is 2.03. The smallest absolute Gasteiger partial charge is 0.323 e. The van der Waals surface area contributed by atoms with Crippen LogP contribution in [0.3, 0.4) is 0 Å². The predicted molar refractivity (Wildman–Crippen MR) is 72.5 cm³/mol. The number of hydrogen-bond acceptors (Lipinski definition) is 6. The van der Waals surface area contributed by atoms with E-state index >= 15 is 0 Å². The Balaban J connectivity index is 2.51. The predicted octanol–water partition coefficient (Wildman–Crippen LogP) is 0.681. The van der Waals surface area contributed by atoms with Crippen LogP contribution in [0.1, 0.15) is 35.2 Å². The van der Waals surface area contributed by atoms with Gasteiger partial charge in [-0.05, 0) is 18.6 Å². The fraction of sp³-hybridized carbons (Fsp3) is 0.333. The Morgan fingerprint density at radius 3 is 2.81 bits per heavy atom. The van der Waals surface area contributed by atoms with Gasteiger partial charge in [0, 0.05) is 6.20 Å².